The number of hydrogen-bond donors (Lipinski definition) is 0. The largest absolute Gasteiger partial charge is 0.437 e. The van der Waals surface area contributed by atoms with Gasteiger partial charge in [-0.2, -0.15) is 0 Å². The Hall–Kier alpha value is -1.58. The average Bonchev–Trinajstić information content (AvgIpc) is 2.62. The van der Waals surface area contributed by atoms with Crippen LogP contribution in [0.3, 0.4) is 0 Å². The molecule has 0 aromatic carbocycles. The minimum absolute atomic E-state index is 0.171. The summed E-state index contributed by atoms with van der Waals surface area (Å²) in [7, 11) is 0. The summed E-state index contributed by atoms with van der Waals surface area (Å²) >= 11 is 0. The number of rotatable bonds is 1. The van der Waals surface area contributed by atoms with Crippen LogP contribution in [0.4, 0.5) is 0 Å². The highest BCUT2D eigenvalue weighted by Crippen LogP contribution is 1.95. The van der Waals surface area contributed by atoms with Gasteiger partial charge < -0.3 is 4.42 Å². The zero-order valence-corrected chi connectivity index (χ0v) is 4.96. The summed E-state index contributed by atoms with van der Waals surface area (Å²) in [6.45, 7) is 3.30. The van der Waals surface area contributed by atoms with Gasteiger partial charge in [-0.05, 0) is 0 Å². The van der Waals surface area contributed by atoms with E-state index in [1.807, 2.05) is 0 Å². The lowest BCUT2D eigenvalue weighted by Gasteiger charge is -1.82. The molecule has 0 unspecified atom stereocenters. The van der Waals surface area contributed by atoms with Crippen molar-refractivity contribution in [3.63, 3.8) is 0 Å². The van der Waals surface area contributed by atoms with Crippen LogP contribution in [-0.2, 0) is 0 Å². The van der Waals surface area contributed by atoms with Gasteiger partial charge in [0, 0.05) is 6.20 Å². The molecule has 0 atom stereocenters. The summed E-state index contributed by atoms with van der Waals surface area (Å²) in [6, 6.07) is 0. The Morgan fingerprint density at radius 2 is 1.80 bits per heavy atom. The molecule has 2 heterocycles. The van der Waals surface area contributed by atoms with E-state index in [0.29, 0.717) is 0 Å². The van der Waals surface area contributed by atoms with Crippen LogP contribution in [0.1, 0.15) is 0 Å². The molecule has 0 N–H and O–H groups in total. The molecular weight excluding hydrogens is 134 g/mol. The van der Waals surface area contributed by atoms with Crippen molar-refractivity contribution in [2.45, 2.75) is 0 Å². The molecule has 0 aromatic rings. The molecule has 0 radical (unpaired) electrons. The molecule has 0 amide bonds. The molecule has 0 aromatic heterocycles. The Morgan fingerprint density at radius 1 is 1.30 bits per heavy atom. The highest BCUT2D eigenvalue weighted by molar-refractivity contribution is 5.19. The van der Waals surface area contributed by atoms with Crippen LogP contribution >= 0.6 is 0 Å². The standard InChI is InChI=1S/C6H3NO3/c1-2-7-5(8)3-4(10-3)6(7)9/h2H,1H2. The van der Waals surface area contributed by atoms with E-state index >= 15 is 0 Å². The van der Waals surface area contributed by atoms with Crippen molar-refractivity contribution in [3.8, 4) is 0 Å². The topological polar surface area (TPSA) is 52.2 Å². The molecule has 2 aliphatic heterocycles. The zero-order valence-electron chi connectivity index (χ0n) is 4.96. The monoisotopic (exact) mass is 137 g/mol. The first-order valence-corrected chi connectivity index (χ1v) is 2.68. The first-order valence-electron chi connectivity index (χ1n) is 2.68. The molecular formula is C6H3NO3. The smallest absolute Gasteiger partial charge is 0.304 e. The maximum atomic E-state index is 10.8. The summed E-state index contributed by atoms with van der Waals surface area (Å²) in [4.78, 5) is 21.7. The van der Waals surface area contributed by atoms with Gasteiger partial charge in [0.25, 0.3) is 0 Å². The Balaban J connectivity index is 3.12. The van der Waals surface area contributed by atoms with E-state index in [1.54, 1.807) is 0 Å². The van der Waals surface area contributed by atoms with Crippen molar-refractivity contribution in [2.75, 3.05) is 0 Å². The fraction of sp³-hybridized carbons (Fsp3) is 0. The second-order valence-electron chi connectivity index (χ2n) is 1.92. The normalized spacial score (nSPS) is 11.2. The Kier molecular flexibility index (Phi) is 0.672. The van der Waals surface area contributed by atoms with E-state index in [1.165, 1.54) is 6.20 Å². The molecule has 0 aliphatic carbocycles. The van der Waals surface area contributed by atoms with E-state index in [4.69, 9.17) is 0 Å². The number of aromatic nitrogens is 1. The van der Waals surface area contributed by atoms with E-state index in [-0.39, 0.29) is 10.8 Å². The molecule has 0 spiro atoms. The lowest BCUT2D eigenvalue weighted by molar-refractivity contribution is 0.609. The van der Waals surface area contributed by atoms with Crippen LogP contribution in [0.25, 0.3) is 6.20 Å². The van der Waals surface area contributed by atoms with Gasteiger partial charge >= 0.3 is 11.1 Å². The van der Waals surface area contributed by atoms with Crippen LogP contribution in [0.15, 0.2) is 20.6 Å². The molecule has 0 saturated heterocycles. The highest BCUT2D eigenvalue weighted by Gasteiger charge is 2.17. The van der Waals surface area contributed by atoms with Gasteiger partial charge in [-0.25, -0.2) is 4.57 Å². The van der Waals surface area contributed by atoms with Gasteiger partial charge in [-0.15, -0.1) is 0 Å². The van der Waals surface area contributed by atoms with E-state index in [9.17, 15) is 9.59 Å². The number of nitrogens with zero attached hydrogens (tertiary/aromatic N) is 1. The minimum Gasteiger partial charge on any atom is -0.437 e. The maximum Gasteiger partial charge on any atom is 0.304 e. The van der Waals surface area contributed by atoms with Gasteiger partial charge in [0.2, 0.25) is 10.8 Å². The Labute approximate surface area is 54.3 Å². The predicted molar refractivity (Wildman–Crippen MR) is 33.3 cm³/mol. The lowest BCUT2D eigenvalue weighted by Crippen LogP contribution is -2.22. The van der Waals surface area contributed by atoms with Gasteiger partial charge in [0.1, 0.15) is 0 Å². The molecule has 0 bridgehead atoms. The zero-order chi connectivity index (χ0) is 7.30. The third-order valence-electron chi connectivity index (χ3n) is 1.38. The van der Waals surface area contributed by atoms with Gasteiger partial charge in [0.05, 0.1) is 0 Å². The molecule has 10 heavy (non-hydrogen) atoms. The molecule has 4 heteroatoms. The summed E-state index contributed by atoms with van der Waals surface area (Å²) in [5.74, 6) is 0. The van der Waals surface area contributed by atoms with Gasteiger partial charge in [-0.1, -0.05) is 6.58 Å². The van der Waals surface area contributed by atoms with Crippen molar-refractivity contribution >= 4 is 6.20 Å². The van der Waals surface area contributed by atoms with Crippen molar-refractivity contribution in [2.24, 2.45) is 0 Å². The molecule has 0 saturated carbocycles. The SMILES string of the molecule is C=Cn1c(=O)c2oc=2c1=O. The van der Waals surface area contributed by atoms with Crippen LogP contribution in [-0.4, -0.2) is 4.57 Å². The fourth-order valence-corrected chi connectivity index (χ4v) is 0.835. The predicted octanol–water partition coefficient (Wildman–Crippen LogP) is -0.498. The van der Waals surface area contributed by atoms with Crippen molar-refractivity contribution < 1.29 is 4.42 Å². The summed E-state index contributed by atoms with van der Waals surface area (Å²) < 4.78 is 5.48. The molecule has 2 rings (SSSR count). The van der Waals surface area contributed by atoms with Crippen LogP contribution in [0.2, 0.25) is 0 Å². The maximum absolute atomic E-state index is 10.8. The fourth-order valence-electron chi connectivity index (χ4n) is 0.835. The third kappa shape index (κ3) is 0.375. The van der Waals surface area contributed by atoms with E-state index in [2.05, 4.69) is 11.0 Å². The Bertz CT molecular complexity index is 465. The minimum atomic E-state index is -0.407. The quantitative estimate of drug-likeness (QED) is 0.532. The molecule has 4 nitrogen and oxygen atoms in total. The van der Waals surface area contributed by atoms with Crippen molar-refractivity contribution in [1.82, 2.24) is 4.57 Å². The van der Waals surface area contributed by atoms with E-state index < -0.39 is 11.1 Å². The van der Waals surface area contributed by atoms with Crippen LogP contribution in [0.5, 0.6) is 0 Å². The highest BCUT2D eigenvalue weighted by atomic mass is 16.4. The first-order chi connectivity index (χ1) is 4.75. The lowest BCUT2D eigenvalue weighted by atomic mass is 10.7. The average molecular weight is 137 g/mol. The van der Waals surface area contributed by atoms with E-state index in [0.717, 1.165) is 4.57 Å². The van der Waals surface area contributed by atoms with Crippen molar-refractivity contribution in [1.29, 1.82) is 0 Å². The summed E-state index contributed by atoms with van der Waals surface area (Å²) in [5.41, 5.74) is -0.472. The Morgan fingerprint density at radius 3 is 2.10 bits per heavy atom. The van der Waals surface area contributed by atoms with Crippen LogP contribution in [0, 0.1) is 10.8 Å². The first kappa shape index (κ1) is 5.22. The second kappa shape index (κ2) is 1.29. The second-order valence-corrected chi connectivity index (χ2v) is 1.92. The molecule has 50 valence electrons. The van der Waals surface area contributed by atoms with Gasteiger partial charge in [0.15, 0.2) is 0 Å². The van der Waals surface area contributed by atoms with Gasteiger partial charge in [-0.3, -0.25) is 9.59 Å². The summed E-state index contributed by atoms with van der Waals surface area (Å²) in [6.07, 6.45) is 1.18. The molecule has 0 fully saturated rings. The molecule has 2 aliphatic rings. The summed E-state index contributed by atoms with van der Waals surface area (Å²) in [5, 5.41) is 0. The number of hydrogen-bond acceptors (Lipinski definition) is 3. The van der Waals surface area contributed by atoms with Crippen LogP contribution < -0.4 is 11.1 Å². The van der Waals surface area contributed by atoms with Crippen molar-refractivity contribution in [3.05, 3.63) is 38.1 Å². The third-order valence-corrected chi connectivity index (χ3v) is 1.38.